The number of para-hydroxylation sites is 1. The predicted octanol–water partition coefficient (Wildman–Crippen LogP) is 2.73. The quantitative estimate of drug-likeness (QED) is 0.349. The summed E-state index contributed by atoms with van der Waals surface area (Å²) in [5, 5.41) is 6.30. The number of hydrogen-bond acceptors (Lipinski definition) is 4. The van der Waals surface area contributed by atoms with Gasteiger partial charge in [-0.1, -0.05) is 18.2 Å². The minimum Gasteiger partial charge on any atom is -0.355 e. The summed E-state index contributed by atoms with van der Waals surface area (Å²) in [4.78, 5) is 6.63. The molecule has 1 aromatic carbocycles. The molecule has 0 bridgehead atoms. The van der Waals surface area contributed by atoms with Crippen molar-refractivity contribution in [3.8, 4) is 0 Å². The third kappa shape index (κ3) is 5.58. The van der Waals surface area contributed by atoms with E-state index in [9.17, 15) is 8.42 Å². The molecule has 0 amide bonds. The van der Waals surface area contributed by atoms with Gasteiger partial charge < -0.3 is 10.6 Å². The zero-order valence-electron chi connectivity index (χ0n) is 15.4. The Morgan fingerprint density at radius 2 is 2.00 bits per heavy atom. The molecule has 6 nitrogen and oxygen atoms in total. The molecule has 1 aliphatic rings. The molecule has 2 aromatic rings. The second-order valence-corrected chi connectivity index (χ2v) is 9.52. The molecule has 0 radical (unpaired) electrons. The number of guanidine groups is 1. The van der Waals surface area contributed by atoms with Gasteiger partial charge in [-0.3, -0.25) is 9.30 Å². The van der Waals surface area contributed by atoms with Gasteiger partial charge in [0.1, 0.15) is 0 Å². The van der Waals surface area contributed by atoms with E-state index in [1.807, 2.05) is 24.3 Å². The Balaban J connectivity index is 0.00000261. The van der Waals surface area contributed by atoms with Gasteiger partial charge in [-0.05, 0) is 37.1 Å². The number of anilines is 1. The highest BCUT2D eigenvalue weighted by Crippen LogP contribution is 2.29. The number of benzene rings is 1. The number of halogens is 1. The number of nitrogens with one attached hydrogen (secondary N) is 2. The highest BCUT2D eigenvalue weighted by atomic mass is 127. The Morgan fingerprint density at radius 1 is 1.22 bits per heavy atom. The van der Waals surface area contributed by atoms with Crippen LogP contribution in [0, 0.1) is 6.92 Å². The molecule has 0 unspecified atom stereocenters. The van der Waals surface area contributed by atoms with Crippen LogP contribution in [-0.4, -0.2) is 40.3 Å². The lowest BCUT2D eigenvalue weighted by molar-refractivity contribution is 0.591. The Bertz CT molecular complexity index is 896. The monoisotopic (exact) mass is 520 g/mol. The first-order valence-corrected chi connectivity index (χ1v) is 11.0. The molecule has 0 fully saturated rings. The van der Waals surface area contributed by atoms with E-state index in [1.54, 1.807) is 18.4 Å². The largest absolute Gasteiger partial charge is 0.355 e. The van der Waals surface area contributed by atoms with Crippen molar-refractivity contribution < 1.29 is 8.42 Å². The molecule has 0 spiro atoms. The van der Waals surface area contributed by atoms with E-state index < -0.39 is 10.0 Å². The van der Waals surface area contributed by atoms with Crippen LogP contribution in [-0.2, 0) is 23.0 Å². The minimum atomic E-state index is -3.35. The van der Waals surface area contributed by atoms with Gasteiger partial charge in [-0.15, -0.1) is 35.3 Å². The lowest BCUT2D eigenvalue weighted by Gasteiger charge is -2.20. The standard InChI is InChI=1S/C18H24N4O2S2.HI/c1-14-7-8-16(25-14)13-21-18(19-2)20-10-12-26(23,24)22-11-9-15-5-3-4-6-17(15)22;/h3-8H,9-13H2,1-2H3,(H2,19,20,21);1H. The maximum absolute atomic E-state index is 12.7. The maximum Gasteiger partial charge on any atom is 0.236 e. The summed E-state index contributed by atoms with van der Waals surface area (Å²) in [6.07, 6.45) is 0.770. The smallest absolute Gasteiger partial charge is 0.236 e. The van der Waals surface area contributed by atoms with Crippen LogP contribution in [0.2, 0.25) is 0 Å². The first-order valence-electron chi connectivity index (χ1n) is 8.58. The van der Waals surface area contributed by atoms with E-state index in [1.165, 1.54) is 14.1 Å². The van der Waals surface area contributed by atoms with Crippen molar-refractivity contribution in [3.63, 3.8) is 0 Å². The van der Waals surface area contributed by atoms with Gasteiger partial charge in [0.15, 0.2) is 5.96 Å². The molecule has 0 aliphatic carbocycles. The number of rotatable bonds is 6. The molecule has 0 atom stereocenters. The molecule has 9 heteroatoms. The number of hydrogen-bond donors (Lipinski definition) is 2. The summed E-state index contributed by atoms with van der Waals surface area (Å²) in [7, 11) is -1.67. The van der Waals surface area contributed by atoms with Gasteiger partial charge in [0.05, 0.1) is 18.0 Å². The molecule has 0 saturated carbocycles. The van der Waals surface area contributed by atoms with E-state index in [2.05, 4.69) is 34.7 Å². The van der Waals surface area contributed by atoms with Crippen molar-refractivity contribution in [1.82, 2.24) is 10.6 Å². The van der Waals surface area contributed by atoms with Crippen molar-refractivity contribution >= 4 is 57.0 Å². The van der Waals surface area contributed by atoms with Crippen LogP contribution in [0.3, 0.4) is 0 Å². The molecule has 1 aliphatic heterocycles. The average molecular weight is 520 g/mol. The van der Waals surface area contributed by atoms with E-state index in [0.29, 0.717) is 25.6 Å². The van der Waals surface area contributed by atoms with Crippen molar-refractivity contribution in [2.24, 2.45) is 4.99 Å². The lowest BCUT2D eigenvalue weighted by Crippen LogP contribution is -2.41. The van der Waals surface area contributed by atoms with Gasteiger partial charge in [0, 0.05) is 29.9 Å². The first kappa shape index (κ1) is 22.0. The summed E-state index contributed by atoms with van der Waals surface area (Å²) in [5.74, 6) is 0.633. The summed E-state index contributed by atoms with van der Waals surface area (Å²) >= 11 is 1.73. The Hall–Kier alpha value is -1.33. The fourth-order valence-corrected chi connectivity index (χ4v) is 5.23. The van der Waals surface area contributed by atoms with Crippen LogP contribution in [0.4, 0.5) is 5.69 Å². The molecule has 2 heterocycles. The lowest BCUT2D eigenvalue weighted by atomic mass is 10.2. The van der Waals surface area contributed by atoms with Gasteiger partial charge in [0.25, 0.3) is 0 Å². The molecule has 2 N–H and O–H groups in total. The zero-order valence-corrected chi connectivity index (χ0v) is 19.4. The Morgan fingerprint density at radius 3 is 2.70 bits per heavy atom. The van der Waals surface area contributed by atoms with Crippen molar-refractivity contribution in [2.75, 3.05) is 30.2 Å². The number of sulfonamides is 1. The van der Waals surface area contributed by atoms with Crippen molar-refractivity contribution in [1.29, 1.82) is 0 Å². The van der Waals surface area contributed by atoms with E-state index in [-0.39, 0.29) is 29.7 Å². The molecule has 27 heavy (non-hydrogen) atoms. The number of aryl methyl sites for hydroxylation is 1. The third-order valence-electron chi connectivity index (χ3n) is 4.28. The molecule has 0 saturated heterocycles. The van der Waals surface area contributed by atoms with Crippen molar-refractivity contribution in [2.45, 2.75) is 19.9 Å². The van der Waals surface area contributed by atoms with Crippen LogP contribution in [0.1, 0.15) is 15.3 Å². The molecule has 1 aromatic heterocycles. The van der Waals surface area contributed by atoms with Gasteiger partial charge in [-0.25, -0.2) is 8.42 Å². The van der Waals surface area contributed by atoms with Crippen LogP contribution in [0.15, 0.2) is 41.4 Å². The SMILES string of the molecule is CN=C(NCCS(=O)(=O)N1CCc2ccccc21)NCc1ccc(C)s1.I. The molecule has 148 valence electrons. The van der Waals surface area contributed by atoms with Crippen LogP contribution in [0.25, 0.3) is 0 Å². The normalized spacial score (nSPS) is 13.9. The summed E-state index contributed by atoms with van der Waals surface area (Å²) in [6, 6.07) is 11.8. The van der Waals surface area contributed by atoms with Crippen LogP contribution >= 0.6 is 35.3 Å². The van der Waals surface area contributed by atoms with Crippen molar-refractivity contribution in [3.05, 3.63) is 51.7 Å². The number of thiophene rings is 1. The summed E-state index contributed by atoms with van der Waals surface area (Å²) in [5.41, 5.74) is 1.90. The number of fused-ring (bicyclic) bond motifs is 1. The van der Waals surface area contributed by atoms with Gasteiger partial charge in [0.2, 0.25) is 10.0 Å². The number of aliphatic imine (C=N–C) groups is 1. The fraction of sp³-hybridized carbons (Fsp3) is 0.389. The highest BCUT2D eigenvalue weighted by Gasteiger charge is 2.28. The summed E-state index contributed by atoms with van der Waals surface area (Å²) < 4.78 is 26.9. The fourth-order valence-electron chi connectivity index (χ4n) is 2.98. The molecular weight excluding hydrogens is 495 g/mol. The average Bonchev–Trinajstić information content (AvgIpc) is 3.24. The Labute approximate surface area is 182 Å². The van der Waals surface area contributed by atoms with Crippen LogP contribution < -0.4 is 14.9 Å². The predicted molar refractivity (Wildman–Crippen MR) is 124 cm³/mol. The van der Waals surface area contributed by atoms with Crippen LogP contribution in [0.5, 0.6) is 0 Å². The topological polar surface area (TPSA) is 73.8 Å². The number of nitrogens with zero attached hydrogens (tertiary/aromatic N) is 2. The maximum atomic E-state index is 12.7. The molecular formula is C18H25IN4O2S2. The van der Waals surface area contributed by atoms with E-state index in [0.717, 1.165) is 17.7 Å². The van der Waals surface area contributed by atoms with Gasteiger partial charge >= 0.3 is 0 Å². The second-order valence-electron chi connectivity index (χ2n) is 6.13. The first-order chi connectivity index (χ1) is 12.5. The van der Waals surface area contributed by atoms with E-state index >= 15 is 0 Å². The second kappa shape index (κ2) is 9.74. The Kier molecular flexibility index (Phi) is 7.92. The van der Waals surface area contributed by atoms with Gasteiger partial charge in [-0.2, -0.15) is 0 Å². The highest BCUT2D eigenvalue weighted by molar-refractivity contribution is 14.0. The zero-order chi connectivity index (χ0) is 18.6. The molecule has 3 rings (SSSR count). The minimum absolute atomic E-state index is 0. The van der Waals surface area contributed by atoms with E-state index in [4.69, 9.17) is 0 Å². The summed E-state index contributed by atoms with van der Waals surface area (Å²) in [6.45, 7) is 3.57. The third-order valence-corrected chi connectivity index (χ3v) is 7.05.